The standard InChI is InChI=1S/C22H39NO12.Na/c1-11(25)23-17(3)15(34-16(2,10-24)12(32-9)18(17,4)29)35-22(8)20(6,13(26)27)33-14(28)19(5,30)21(22,7)31;/h12,14-15,24,28-31H,10H2,1-9H3,(H,23,25)(H,26,27);/q;+1/p-1. The van der Waals surface area contributed by atoms with Crippen molar-refractivity contribution >= 4 is 11.9 Å². The SMILES string of the molecule is COC1C(C)(CO)OC(OC2(C)C(C)(C(=O)[O-])OC(O)C(C)(O)C2(C)O)C(C)(NC(C)=O)C1(C)O.[Na+]. The second-order valence-electron chi connectivity index (χ2n) is 10.7. The summed E-state index contributed by atoms with van der Waals surface area (Å²) in [5.74, 6) is -2.53. The van der Waals surface area contributed by atoms with Gasteiger partial charge in [-0.25, -0.2) is 0 Å². The van der Waals surface area contributed by atoms with E-state index in [1.807, 2.05) is 0 Å². The predicted octanol–water partition coefficient (Wildman–Crippen LogP) is -6.11. The van der Waals surface area contributed by atoms with Gasteiger partial charge < -0.3 is 59.7 Å². The molecule has 6 N–H and O–H groups in total. The van der Waals surface area contributed by atoms with Gasteiger partial charge in [0.25, 0.3) is 0 Å². The van der Waals surface area contributed by atoms with E-state index >= 15 is 0 Å². The number of carbonyl (C=O) groups excluding carboxylic acids is 2. The van der Waals surface area contributed by atoms with Gasteiger partial charge in [-0.15, -0.1) is 0 Å². The van der Waals surface area contributed by atoms with Crippen LogP contribution in [0.2, 0.25) is 0 Å². The minimum atomic E-state index is -2.60. The van der Waals surface area contributed by atoms with Gasteiger partial charge in [-0.1, -0.05) is 0 Å². The fraction of sp³-hybridized carbons (Fsp3) is 0.909. The Balaban J connectivity index is 0.00000648. The molecule has 0 radical (unpaired) electrons. The molecule has 0 aromatic heterocycles. The number of rotatable bonds is 6. The maximum absolute atomic E-state index is 12.3. The molecule has 0 saturated carbocycles. The first-order valence-electron chi connectivity index (χ1n) is 11.1. The number of amides is 1. The fourth-order valence-corrected chi connectivity index (χ4v) is 5.14. The van der Waals surface area contributed by atoms with Crippen molar-refractivity contribution in [1.29, 1.82) is 0 Å². The van der Waals surface area contributed by atoms with Crippen LogP contribution < -0.4 is 40.0 Å². The second kappa shape index (κ2) is 9.96. The number of hydrogen-bond acceptors (Lipinski definition) is 12. The maximum atomic E-state index is 12.3. The van der Waals surface area contributed by atoms with Gasteiger partial charge in [-0.2, -0.15) is 0 Å². The van der Waals surface area contributed by atoms with E-state index in [1.54, 1.807) is 0 Å². The van der Waals surface area contributed by atoms with Gasteiger partial charge in [0.15, 0.2) is 12.6 Å². The number of carbonyl (C=O) groups is 2. The monoisotopic (exact) mass is 531 g/mol. The van der Waals surface area contributed by atoms with E-state index in [0.717, 1.165) is 34.6 Å². The average molecular weight is 532 g/mol. The third-order valence-corrected chi connectivity index (χ3v) is 8.33. The second-order valence-corrected chi connectivity index (χ2v) is 10.7. The Morgan fingerprint density at radius 2 is 1.50 bits per heavy atom. The molecule has 13 nitrogen and oxygen atoms in total. The Morgan fingerprint density at radius 3 is 1.89 bits per heavy atom. The number of aliphatic hydroxyl groups excluding tert-OH is 2. The number of carboxylic acid groups (broad SMARTS) is 1. The summed E-state index contributed by atoms with van der Waals surface area (Å²) in [5.41, 5.74) is -15.7. The van der Waals surface area contributed by atoms with Gasteiger partial charge in [0, 0.05) is 14.0 Å². The molecule has 10 unspecified atom stereocenters. The van der Waals surface area contributed by atoms with Crippen molar-refractivity contribution < 1.29 is 88.7 Å². The van der Waals surface area contributed by atoms with E-state index in [0.29, 0.717) is 0 Å². The quantitative estimate of drug-likeness (QED) is 0.177. The number of aliphatic carboxylic acids is 1. The van der Waals surface area contributed by atoms with E-state index in [9.17, 15) is 40.2 Å². The summed E-state index contributed by atoms with van der Waals surface area (Å²) in [5, 5.41) is 69.3. The minimum absolute atomic E-state index is 0. The van der Waals surface area contributed by atoms with Gasteiger partial charge in [0.05, 0.1) is 12.6 Å². The summed E-state index contributed by atoms with van der Waals surface area (Å²) in [7, 11) is 1.26. The molecule has 0 bridgehead atoms. The summed E-state index contributed by atoms with van der Waals surface area (Å²) < 4.78 is 22.8. The summed E-state index contributed by atoms with van der Waals surface area (Å²) in [6, 6.07) is 0. The Morgan fingerprint density at radius 1 is 1.00 bits per heavy atom. The Hall–Kier alpha value is -0.420. The fourth-order valence-electron chi connectivity index (χ4n) is 5.14. The van der Waals surface area contributed by atoms with Crippen LogP contribution in [0, 0.1) is 0 Å². The van der Waals surface area contributed by atoms with Crippen molar-refractivity contribution in [2.24, 2.45) is 0 Å². The van der Waals surface area contributed by atoms with Crippen LogP contribution in [0.15, 0.2) is 0 Å². The van der Waals surface area contributed by atoms with Crippen LogP contribution in [0.4, 0.5) is 0 Å². The molecule has 2 rings (SSSR count). The van der Waals surface area contributed by atoms with E-state index in [-0.39, 0.29) is 29.6 Å². The summed E-state index contributed by atoms with van der Waals surface area (Å²) in [6.07, 6.45) is -5.19. The van der Waals surface area contributed by atoms with Crippen molar-refractivity contribution in [3.63, 3.8) is 0 Å². The summed E-state index contributed by atoms with van der Waals surface area (Å²) in [4.78, 5) is 24.5. The normalized spacial score (nSPS) is 51.2. The minimum Gasteiger partial charge on any atom is -0.547 e. The molecule has 2 saturated heterocycles. The predicted molar refractivity (Wildman–Crippen MR) is 115 cm³/mol. The molecule has 0 aromatic rings. The number of nitrogens with one attached hydrogen (secondary N) is 1. The van der Waals surface area contributed by atoms with Crippen LogP contribution in [0.1, 0.15) is 55.4 Å². The molecule has 204 valence electrons. The van der Waals surface area contributed by atoms with Crippen molar-refractivity contribution in [1.82, 2.24) is 5.32 Å². The molecule has 0 spiro atoms. The topological polar surface area (TPSA) is 207 Å². The van der Waals surface area contributed by atoms with Gasteiger partial charge in [0.2, 0.25) is 5.91 Å². The molecule has 2 heterocycles. The summed E-state index contributed by atoms with van der Waals surface area (Å²) >= 11 is 0. The van der Waals surface area contributed by atoms with E-state index in [4.69, 9.17) is 18.9 Å². The zero-order valence-electron chi connectivity index (χ0n) is 22.5. The van der Waals surface area contributed by atoms with E-state index in [2.05, 4.69) is 5.32 Å². The van der Waals surface area contributed by atoms with Crippen LogP contribution in [-0.4, -0.2) is 109 Å². The molecule has 14 heteroatoms. The van der Waals surface area contributed by atoms with Gasteiger partial charge in [-0.3, -0.25) is 4.79 Å². The Labute approximate surface area is 232 Å². The average Bonchev–Trinajstić information content (AvgIpc) is 2.70. The molecule has 1 amide bonds. The van der Waals surface area contributed by atoms with E-state index in [1.165, 1.54) is 27.9 Å². The molecule has 10 atom stereocenters. The number of aliphatic hydroxyl groups is 5. The van der Waals surface area contributed by atoms with Crippen LogP contribution in [0.25, 0.3) is 0 Å². The first-order chi connectivity index (χ1) is 15.6. The zero-order valence-corrected chi connectivity index (χ0v) is 24.5. The third kappa shape index (κ3) is 4.34. The molecular weight excluding hydrogens is 493 g/mol. The van der Waals surface area contributed by atoms with Crippen molar-refractivity contribution in [3.8, 4) is 0 Å². The zero-order chi connectivity index (χ0) is 27.6. The van der Waals surface area contributed by atoms with Crippen molar-refractivity contribution in [2.75, 3.05) is 13.7 Å². The van der Waals surface area contributed by atoms with Crippen LogP contribution in [-0.2, 0) is 28.5 Å². The van der Waals surface area contributed by atoms with Gasteiger partial charge >= 0.3 is 29.6 Å². The van der Waals surface area contributed by atoms with Gasteiger partial charge in [0.1, 0.15) is 45.2 Å². The Kier molecular flexibility index (Phi) is 9.30. The number of carboxylic acids is 1. The largest absolute Gasteiger partial charge is 1.00 e. The first kappa shape index (κ1) is 33.6. The molecule has 36 heavy (non-hydrogen) atoms. The Bertz CT molecular complexity index is 868. The third-order valence-electron chi connectivity index (χ3n) is 8.33. The molecule has 2 aliphatic rings. The van der Waals surface area contributed by atoms with Crippen LogP contribution in [0.3, 0.4) is 0 Å². The molecule has 2 aliphatic heterocycles. The van der Waals surface area contributed by atoms with Crippen LogP contribution >= 0.6 is 0 Å². The molecule has 0 aromatic carbocycles. The number of methoxy groups -OCH3 is 1. The van der Waals surface area contributed by atoms with Crippen molar-refractivity contribution in [3.05, 3.63) is 0 Å². The molecular formula is C22H38NNaO12. The van der Waals surface area contributed by atoms with E-state index < -0.39 is 76.3 Å². The molecule has 0 aliphatic carbocycles. The van der Waals surface area contributed by atoms with Crippen LogP contribution in [0.5, 0.6) is 0 Å². The smallest absolute Gasteiger partial charge is 0.547 e. The maximum Gasteiger partial charge on any atom is 1.00 e. The number of ether oxygens (including phenoxy) is 4. The van der Waals surface area contributed by atoms with Crippen molar-refractivity contribution in [2.45, 2.75) is 113 Å². The molecule has 2 fully saturated rings. The number of hydrogen-bond donors (Lipinski definition) is 6. The van der Waals surface area contributed by atoms with Gasteiger partial charge in [-0.05, 0) is 48.5 Å². The first-order valence-corrected chi connectivity index (χ1v) is 11.1. The summed E-state index contributed by atoms with van der Waals surface area (Å²) in [6.45, 7) is 8.60.